The molecule has 0 saturated heterocycles. The largest absolute Gasteiger partial charge is 0.480 e. The van der Waals surface area contributed by atoms with Gasteiger partial charge in [0, 0.05) is 28.6 Å². The van der Waals surface area contributed by atoms with Gasteiger partial charge in [-0.25, -0.2) is 0 Å². The number of nitrogens with zero attached hydrogens (tertiary/aromatic N) is 4. The van der Waals surface area contributed by atoms with Crippen LogP contribution in [0, 0.1) is 0 Å². The van der Waals surface area contributed by atoms with E-state index in [2.05, 4.69) is 20.3 Å². The van der Waals surface area contributed by atoms with Crippen molar-refractivity contribution in [1.29, 1.82) is 0 Å². The van der Waals surface area contributed by atoms with Crippen LogP contribution in [0.25, 0.3) is 21.3 Å². The summed E-state index contributed by atoms with van der Waals surface area (Å²) in [5.74, 6) is -0.961. The molecule has 1 unspecified atom stereocenters. The number of benzene rings is 1. The Balaban J connectivity index is 2.20. The first-order chi connectivity index (χ1) is 10.2. The maximum absolute atomic E-state index is 11.5. The van der Waals surface area contributed by atoms with Gasteiger partial charge >= 0.3 is 5.97 Å². The molecule has 0 aliphatic heterocycles. The SMILES string of the molecule is [N-]=[N+]=NCCCNC(C(=O)O)c1cccc2cccnc12. The van der Waals surface area contributed by atoms with E-state index in [4.69, 9.17) is 5.53 Å². The molecule has 1 aromatic heterocycles. The van der Waals surface area contributed by atoms with Crippen LogP contribution < -0.4 is 5.32 Å². The molecule has 2 rings (SSSR count). The molecule has 21 heavy (non-hydrogen) atoms. The molecule has 0 bridgehead atoms. The van der Waals surface area contributed by atoms with E-state index in [1.165, 1.54) is 0 Å². The predicted octanol–water partition coefficient (Wildman–Crippen LogP) is 2.65. The number of aromatic nitrogens is 1. The molecule has 0 aliphatic rings. The fourth-order valence-corrected chi connectivity index (χ4v) is 2.13. The van der Waals surface area contributed by atoms with Gasteiger partial charge in [0.1, 0.15) is 6.04 Å². The zero-order valence-corrected chi connectivity index (χ0v) is 11.3. The molecule has 1 atom stereocenters. The van der Waals surface area contributed by atoms with Crippen molar-refractivity contribution in [1.82, 2.24) is 10.3 Å². The quantitative estimate of drug-likeness (QED) is 0.352. The number of fused-ring (bicyclic) bond motifs is 1. The zero-order chi connectivity index (χ0) is 15.1. The smallest absolute Gasteiger partial charge is 0.325 e. The Bertz CT molecular complexity index is 677. The standard InChI is InChI=1S/C14H15N5O2/c15-19-18-9-3-8-17-13(14(20)21)11-6-1-4-10-5-2-7-16-12(10)11/h1-2,4-7,13,17H,3,8-9H2,(H,20,21). The van der Waals surface area contributed by atoms with Gasteiger partial charge in [0.25, 0.3) is 0 Å². The number of hydrogen-bond acceptors (Lipinski definition) is 4. The number of pyridine rings is 1. The van der Waals surface area contributed by atoms with Crippen molar-refractivity contribution in [2.75, 3.05) is 13.1 Å². The topological polar surface area (TPSA) is 111 Å². The van der Waals surface area contributed by atoms with Crippen molar-refractivity contribution in [3.8, 4) is 0 Å². The fraction of sp³-hybridized carbons (Fsp3) is 0.286. The first-order valence-corrected chi connectivity index (χ1v) is 6.54. The molecule has 0 spiro atoms. The van der Waals surface area contributed by atoms with Crippen LogP contribution in [-0.4, -0.2) is 29.1 Å². The molecule has 0 amide bonds. The highest BCUT2D eigenvalue weighted by molar-refractivity contribution is 5.87. The summed E-state index contributed by atoms with van der Waals surface area (Å²) in [6, 6.07) is 8.34. The summed E-state index contributed by atoms with van der Waals surface area (Å²) in [7, 11) is 0. The number of carboxylic acids is 1. The summed E-state index contributed by atoms with van der Waals surface area (Å²) < 4.78 is 0. The van der Waals surface area contributed by atoms with Crippen LogP contribution in [0.4, 0.5) is 0 Å². The van der Waals surface area contributed by atoms with Gasteiger partial charge in [-0.15, -0.1) is 0 Å². The summed E-state index contributed by atoms with van der Waals surface area (Å²) in [5, 5.41) is 16.7. The molecular formula is C14H15N5O2. The summed E-state index contributed by atoms with van der Waals surface area (Å²) >= 11 is 0. The molecular weight excluding hydrogens is 270 g/mol. The zero-order valence-electron chi connectivity index (χ0n) is 11.3. The summed E-state index contributed by atoms with van der Waals surface area (Å²) in [6.07, 6.45) is 2.22. The average molecular weight is 285 g/mol. The Morgan fingerprint density at radius 1 is 1.43 bits per heavy atom. The number of aliphatic carboxylic acids is 1. The van der Waals surface area contributed by atoms with E-state index in [-0.39, 0.29) is 0 Å². The summed E-state index contributed by atoms with van der Waals surface area (Å²) in [4.78, 5) is 18.4. The first kappa shape index (κ1) is 14.8. The molecule has 1 aromatic carbocycles. The molecule has 7 heteroatoms. The minimum atomic E-state index is -0.961. The Hall–Kier alpha value is -2.63. The van der Waals surface area contributed by atoms with Crippen LogP contribution in [0.15, 0.2) is 41.6 Å². The lowest BCUT2D eigenvalue weighted by atomic mass is 10.0. The average Bonchev–Trinajstić information content (AvgIpc) is 2.50. The second-order valence-corrected chi connectivity index (χ2v) is 4.46. The molecule has 2 aromatic rings. The molecule has 1 heterocycles. The maximum Gasteiger partial charge on any atom is 0.325 e. The normalized spacial score (nSPS) is 11.8. The number of azide groups is 1. The van der Waals surface area contributed by atoms with Crippen molar-refractivity contribution in [2.45, 2.75) is 12.5 Å². The highest BCUT2D eigenvalue weighted by Crippen LogP contribution is 2.22. The van der Waals surface area contributed by atoms with Crippen molar-refractivity contribution >= 4 is 16.9 Å². The maximum atomic E-state index is 11.5. The van der Waals surface area contributed by atoms with Crippen LogP contribution in [0.3, 0.4) is 0 Å². The van der Waals surface area contributed by atoms with E-state index < -0.39 is 12.0 Å². The Morgan fingerprint density at radius 2 is 2.24 bits per heavy atom. The minimum Gasteiger partial charge on any atom is -0.480 e. The lowest BCUT2D eigenvalue weighted by Crippen LogP contribution is -2.29. The molecule has 0 aliphatic carbocycles. The second kappa shape index (κ2) is 7.23. The number of carbonyl (C=O) groups is 1. The lowest BCUT2D eigenvalue weighted by Gasteiger charge is -2.16. The van der Waals surface area contributed by atoms with Gasteiger partial charge in [-0.05, 0) is 24.6 Å². The minimum absolute atomic E-state index is 0.337. The van der Waals surface area contributed by atoms with Crippen LogP contribution in [0.2, 0.25) is 0 Å². The van der Waals surface area contributed by atoms with E-state index in [9.17, 15) is 9.90 Å². The third-order valence-electron chi connectivity index (χ3n) is 3.07. The monoisotopic (exact) mass is 285 g/mol. The molecule has 0 fully saturated rings. The third kappa shape index (κ3) is 3.68. The number of carboxylic acid groups (broad SMARTS) is 1. The van der Waals surface area contributed by atoms with E-state index in [1.807, 2.05) is 24.3 Å². The van der Waals surface area contributed by atoms with Gasteiger partial charge in [-0.2, -0.15) is 0 Å². The first-order valence-electron chi connectivity index (χ1n) is 6.54. The lowest BCUT2D eigenvalue weighted by molar-refractivity contribution is -0.139. The Labute approximate surface area is 121 Å². The van der Waals surface area contributed by atoms with Crippen molar-refractivity contribution in [3.63, 3.8) is 0 Å². The molecule has 108 valence electrons. The summed E-state index contributed by atoms with van der Waals surface area (Å²) in [5.41, 5.74) is 9.50. The van der Waals surface area contributed by atoms with E-state index in [0.717, 1.165) is 5.39 Å². The Kier molecular flexibility index (Phi) is 5.09. The van der Waals surface area contributed by atoms with Gasteiger partial charge in [0.05, 0.1) is 5.52 Å². The highest BCUT2D eigenvalue weighted by atomic mass is 16.4. The molecule has 0 saturated carbocycles. The van der Waals surface area contributed by atoms with Crippen LogP contribution in [-0.2, 0) is 4.79 Å². The van der Waals surface area contributed by atoms with Gasteiger partial charge in [0.15, 0.2) is 0 Å². The number of rotatable bonds is 7. The highest BCUT2D eigenvalue weighted by Gasteiger charge is 2.21. The predicted molar refractivity (Wildman–Crippen MR) is 78.8 cm³/mol. The third-order valence-corrected chi connectivity index (χ3v) is 3.07. The van der Waals surface area contributed by atoms with Gasteiger partial charge in [0.2, 0.25) is 0 Å². The van der Waals surface area contributed by atoms with Crippen molar-refractivity contribution in [3.05, 3.63) is 52.5 Å². The van der Waals surface area contributed by atoms with Crippen molar-refractivity contribution in [2.24, 2.45) is 5.11 Å². The van der Waals surface area contributed by atoms with E-state index >= 15 is 0 Å². The van der Waals surface area contributed by atoms with E-state index in [0.29, 0.717) is 30.6 Å². The molecule has 0 radical (unpaired) electrons. The van der Waals surface area contributed by atoms with Crippen LogP contribution in [0.1, 0.15) is 18.0 Å². The Morgan fingerprint density at radius 3 is 3.00 bits per heavy atom. The molecule has 7 nitrogen and oxygen atoms in total. The summed E-state index contributed by atoms with van der Waals surface area (Å²) in [6.45, 7) is 0.781. The molecule has 2 N–H and O–H groups in total. The fourth-order valence-electron chi connectivity index (χ4n) is 2.13. The van der Waals surface area contributed by atoms with Crippen LogP contribution in [0.5, 0.6) is 0 Å². The van der Waals surface area contributed by atoms with Gasteiger partial charge in [-0.3, -0.25) is 9.78 Å². The van der Waals surface area contributed by atoms with Gasteiger partial charge in [-0.1, -0.05) is 29.4 Å². The van der Waals surface area contributed by atoms with Gasteiger partial charge < -0.3 is 10.4 Å². The number of nitrogens with one attached hydrogen (secondary N) is 1. The van der Waals surface area contributed by atoms with E-state index in [1.54, 1.807) is 12.3 Å². The van der Waals surface area contributed by atoms with Crippen molar-refractivity contribution < 1.29 is 9.90 Å². The second-order valence-electron chi connectivity index (χ2n) is 4.46. The number of hydrogen-bond donors (Lipinski definition) is 2. The van der Waals surface area contributed by atoms with Crippen LogP contribution >= 0.6 is 0 Å². The number of para-hydroxylation sites is 1.